The Morgan fingerprint density at radius 1 is 1.15 bits per heavy atom. The second-order valence-corrected chi connectivity index (χ2v) is 13.9. The molecule has 7 nitrogen and oxygen atoms in total. The number of hydrogen-bond acceptors (Lipinski definition) is 6. The van der Waals surface area contributed by atoms with E-state index in [0.717, 1.165) is 31.2 Å². The van der Waals surface area contributed by atoms with Crippen LogP contribution in [0.1, 0.15) is 52.0 Å². The van der Waals surface area contributed by atoms with Crippen LogP contribution >= 0.6 is 23.4 Å². The lowest BCUT2D eigenvalue weighted by Crippen LogP contribution is -2.58. The Balaban J connectivity index is 1.71. The predicted octanol–water partition coefficient (Wildman–Crippen LogP) is 4.93. The molecule has 1 spiro atoms. The van der Waals surface area contributed by atoms with Crippen molar-refractivity contribution in [2.45, 2.75) is 75.0 Å². The third kappa shape index (κ3) is 4.51. The second kappa shape index (κ2) is 11.2. The van der Waals surface area contributed by atoms with Gasteiger partial charge in [-0.3, -0.25) is 14.4 Å². The number of aliphatic hydroxyl groups is 1. The Morgan fingerprint density at radius 3 is 2.62 bits per heavy atom. The van der Waals surface area contributed by atoms with Gasteiger partial charge in [-0.2, -0.15) is 0 Å². The zero-order valence-electron chi connectivity index (χ0n) is 23.6. The maximum absolute atomic E-state index is 14.8. The first kappa shape index (κ1) is 29.2. The van der Waals surface area contributed by atoms with E-state index in [2.05, 4.69) is 6.08 Å². The number of hydrogen-bond donors (Lipinski definition) is 1. The van der Waals surface area contributed by atoms with Crippen molar-refractivity contribution < 1.29 is 24.2 Å². The summed E-state index contributed by atoms with van der Waals surface area (Å²) in [4.78, 5) is 46.4. The van der Waals surface area contributed by atoms with Crippen LogP contribution in [0.25, 0.3) is 0 Å². The van der Waals surface area contributed by atoms with Crippen molar-refractivity contribution in [3.63, 3.8) is 0 Å². The number of rotatable bonds is 5. The highest BCUT2D eigenvalue weighted by Crippen LogP contribution is 2.65. The summed E-state index contributed by atoms with van der Waals surface area (Å²) in [7, 11) is 0. The van der Waals surface area contributed by atoms with Crippen molar-refractivity contribution in [3.8, 4) is 0 Å². The van der Waals surface area contributed by atoms with Crippen molar-refractivity contribution in [2.75, 3.05) is 24.7 Å². The Bertz CT molecular complexity index is 1230. The van der Waals surface area contributed by atoms with Gasteiger partial charge in [0.15, 0.2) is 0 Å². The molecule has 0 aromatic heterocycles. The van der Waals surface area contributed by atoms with Crippen LogP contribution in [-0.2, 0) is 19.1 Å². The number of benzene rings is 1. The number of allylic oxidation sites excluding steroid dienone is 1. The van der Waals surface area contributed by atoms with Crippen LogP contribution in [0.2, 0.25) is 5.02 Å². The van der Waals surface area contributed by atoms with Crippen LogP contribution < -0.4 is 4.90 Å². The Morgan fingerprint density at radius 2 is 1.93 bits per heavy atom. The molecule has 0 bridgehead atoms. The molecule has 0 radical (unpaired) electrons. The lowest BCUT2D eigenvalue weighted by atomic mass is 9.74. The molecule has 0 aliphatic carbocycles. The maximum atomic E-state index is 14.8. The number of anilines is 1. The van der Waals surface area contributed by atoms with E-state index in [4.69, 9.17) is 16.3 Å². The van der Waals surface area contributed by atoms with Gasteiger partial charge in [0.1, 0.15) is 6.04 Å². The molecule has 0 saturated carbocycles. The van der Waals surface area contributed by atoms with E-state index in [1.54, 1.807) is 15.9 Å². The van der Waals surface area contributed by atoms with Crippen LogP contribution in [-0.4, -0.2) is 69.1 Å². The number of carbonyl (C=O) groups excluding carboxylic acids is 3. The Labute approximate surface area is 245 Å². The largest absolute Gasteiger partial charge is 0.465 e. The molecule has 40 heavy (non-hydrogen) atoms. The fourth-order valence-corrected chi connectivity index (χ4v) is 9.54. The molecule has 9 heteroatoms. The molecular weight excluding hydrogens is 548 g/mol. The molecule has 2 fully saturated rings. The van der Waals surface area contributed by atoms with Crippen LogP contribution in [0.3, 0.4) is 0 Å². The topological polar surface area (TPSA) is 87.2 Å². The summed E-state index contributed by atoms with van der Waals surface area (Å²) >= 11 is 8.18. The average molecular weight is 587 g/mol. The summed E-state index contributed by atoms with van der Waals surface area (Å²) in [6, 6.07) is 4.02. The summed E-state index contributed by atoms with van der Waals surface area (Å²) < 4.78 is 3.99. The summed E-state index contributed by atoms with van der Waals surface area (Å²) in [6.07, 6.45) is 11.3. The van der Waals surface area contributed by atoms with E-state index in [1.165, 1.54) is 11.8 Å². The molecule has 2 amide bonds. The number of amides is 2. The SMILES string of the molecule is CC[C@H](C)[C@H](CO)N1C(=O)[C@@H]2[C@@H]3C(=O)OCCCC/C=C\[C@]3(C)S[C@@]23C=CCN(c2c(C)cccc2Cl)C(=O)C13. The smallest absolute Gasteiger partial charge is 0.311 e. The van der Waals surface area contributed by atoms with Crippen LogP contribution in [0, 0.1) is 24.7 Å². The molecular formula is C31H39ClN2O5S. The van der Waals surface area contributed by atoms with E-state index in [1.807, 2.05) is 58.1 Å². The van der Waals surface area contributed by atoms with Gasteiger partial charge in [-0.25, -0.2) is 0 Å². The number of nitrogens with zero attached hydrogens (tertiary/aromatic N) is 2. The number of halogens is 1. The maximum Gasteiger partial charge on any atom is 0.311 e. The number of para-hydroxylation sites is 1. The zero-order chi connectivity index (χ0) is 28.8. The van der Waals surface area contributed by atoms with Crippen molar-refractivity contribution >= 4 is 46.8 Å². The first-order valence-corrected chi connectivity index (χ1v) is 15.5. The minimum Gasteiger partial charge on any atom is -0.465 e. The molecule has 1 unspecified atom stereocenters. The summed E-state index contributed by atoms with van der Waals surface area (Å²) in [5.41, 5.74) is 1.47. The molecule has 1 N–H and O–H groups in total. The van der Waals surface area contributed by atoms with Gasteiger partial charge in [-0.15, -0.1) is 11.8 Å². The van der Waals surface area contributed by atoms with E-state index < -0.39 is 39.4 Å². The quantitative estimate of drug-likeness (QED) is 0.389. The van der Waals surface area contributed by atoms with Gasteiger partial charge < -0.3 is 19.6 Å². The molecule has 2 saturated heterocycles. The number of carbonyl (C=O) groups is 3. The molecule has 4 heterocycles. The minimum atomic E-state index is -1.02. The molecule has 216 valence electrons. The number of aliphatic hydroxyl groups excluding tert-OH is 1. The number of ether oxygens (including phenoxy) is 1. The second-order valence-electron chi connectivity index (χ2n) is 11.7. The third-order valence-corrected chi connectivity index (χ3v) is 11.3. The van der Waals surface area contributed by atoms with Gasteiger partial charge in [-0.1, -0.05) is 68.3 Å². The fourth-order valence-electron chi connectivity index (χ4n) is 7.07. The van der Waals surface area contributed by atoms with Gasteiger partial charge in [-0.05, 0) is 50.7 Å². The first-order valence-electron chi connectivity index (χ1n) is 14.3. The monoisotopic (exact) mass is 586 g/mol. The summed E-state index contributed by atoms with van der Waals surface area (Å²) in [5, 5.41) is 11.1. The van der Waals surface area contributed by atoms with E-state index in [9.17, 15) is 19.5 Å². The standard InChI is InChI=1S/C31H39ClN2O5S/c1-5-19(2)22(18-35)34-26-28(37)33(25-20(3)12-10-13-21(25)32)16-11-15-31(26)23(27(34)36)24-29(38)39-17-9-7-6-8-14-30(24,4)40-31/h8,10-15,19,22-24,26,35H,5-7,9,16-18H2,1-4H3/b14-8-/t19-,22-,23-,24+,26?,30-,31-/m0/s1. The summed E-state index contributed by atoms with van der Waals surface area (Å²) in [6.45, 7) is 8.21. The molecule has 1 aromatic rings. The van der Waals surface area contributed by atoms with Gasteiger partial charge in [0.05, 0.1) is 46.5 Å². The van der Waals surface area contributed by atoms with Gasteiger partial charge in [0, 0.05) is 11.3 Å². The highest BCUT2D eigenvalue weighted by Gasteiger charge is 2.74. The fraction of sp³-hybridized carbons (Fsp3) is 0.581. The summed E-state index contributed by atoms with van der Waals surface area (Å²) in [5.74, 6) is -2.57. The lowest BCUT2D eigenvalue weighted by Gasteiger charge is -2.41. The highest BCUT2D eigenvalue weighted by atomic mass is 35.5. The lowest BCUT2D eigenvalue weighted by molar-refractivity contribution is -0.155. The molecule has 4 aliphatic heterocycles. The Kier molecular flexibility index (Phi) is 8.16. The minimum absolute atomic E-state index is 0.0624. The molecule has 5 rings (SSSR count). The highest BCUT2D eigenvalue weighted by molar-refractivity contribution is 8.02. The number of esters is 1. The van der Waals surface area contributed by atoms with Crippen molar-refractivity contribution in [1.29, 1.82) is 0 Å². The van der Waals surface area contributed by atoms with Crippen molar-refractivity contribution in [3.05, 3.63) is 53.1 Å². The van der Waals surface area contributed by atoms with Crippen molar-refractivity contribution in [1.82, 2.24) is 4.90 Å². The Hall–Kier alpha value is -2.29. The van der Waals surface area contributed by atoms with Gasteiger partial charge in [0.25, 0.3) is 5.91 Å². The third-order valence-electron chi connectivity index (χ3n) is 9.24. The van der Waals surface area contributed by atoms with Gasteiger partial charge in [0.2, 0.25) is 5.91 Å². The van der Waals surface area contributed by atoms with E-state index in [0.29, 0.717) is 17.3 Å². The number of likely N-dealkylation sites (tertiary alicyclic amines) is 1. The average Bonchev–Trinajstić information content (AvgIpc) is 3.25. The van der Waals surface area contributed by atoms with Crippen LogP contribution in [0.4, 0.5) is 5.69 Å². The normalized spacial score (nSPS) is 34.5. The number of aryl methyl sites for hydroxylation is 1. The zero-order valence-corrected chi connectivity index (χ0v) is 25.2. The number of thioether (sulfide) groups is 1. The van der Waals surface area contributed by atoms with Gasteiger partial charge >= 0.3 is 5.97 Å². The molecule has 1 aromatic carbocycles. The molecule has 4 aliphatic rings. The first-order chi connectivity index (χ1) is 19.1. The van der Waals surface area contributed by atoms with Crippen molar-refractivity contribution in [2.24, 2.45) is 17.8 Å². The molecule has 7 atom stereocenters. The van der Waals surface area contributed by atoms with Crippen LogP contribution in [0.5, 0.6) is 0 Å². The van der Waals surface area contributed by atoms with E-state index >= 15 is 0 Å². The van der Waals surface area contributed by atoms with Crippen LogP contribution in [0.15, 0.2) is 42.5 Å². The number of cyclic esters (lactones) is 1. The predicted molar refractivity (Wildman–Crippen MR) is 158 cm³/mol. The van der Waals surface area contributed by atoms with E-state index in [-0.39, 0.29) is 30.9 Å². The number of fused-ring (bicyclic) bond motifs is 2.